The molecule has 0 unspecified atom stereocenters. The van der Waals surface area contributed by atoms with E-state index in [1.165, 1.54) is 0 Å². The largest absolute Gasteiger partial charge is 0.504 e. The average Bonchev–Trinajstić information content (AvgIpc) is 2.16. The lowest BCUT2D eigenvalue weighted by Crippen LogP contribution is -2.16. The van der Waals surface area contributed by atoms with Crippen LogP contribution >= 0.6 is 0 Å². The minimum absolute atomic E-state index is 0.320. The van der Waals surface area contributed by atoms with Gasteiger partial charge in [0.25, 0.3) is 0 Å². The molecule has 0 fully saturated rings. The number of benzene rings is 1. The fraction of sp³-hybridized carbons (Fsp3) is 0.500. The van der Waals surface area contributed by atoms with Gasteiger partial charge in [0, 0.05) is 48.0 Å². The normalized spacial score (nSPS) is 10.1. The maximum absolute atomic E-state index is 10.1. The highest BCUT2D eigenvalue weighted by atomic mass is 16.3. The Balaban J connectivity index is 3.39. The minimum atomic E-state index is 0.320. The van der Waals surface area contributed by atoms with Gasteiger partial charge < -0.3 is 19.8 Å². The Hall–Kier alpha value is -1.58. The van der Waals surface area contributed by atoms with Crippen molar-refractivity contribution in [1.82, 2.24) is 0 Å². The van der Waals surface area contributed by atoms with E-state index in [1.807, 2.05) is 69.1 Å². The second kappa shape index (κ2) is 4.51. The first-order valence-electron chi connectivity index (χ1n) is 5.23. The fourth-order valence-corrected chi connectivity index (χ4v) is 1.53. The van der Waals surface area contributed by atoms with Crippen LogP contribution in [0.15, 0.2) is 12.1 Å². The van der Waals surface area contributed by atoms with Crippen molar-refractivity contribution in [3.63, 3.8) is 0 Å². The summed E-state index contributed by atoms with van der Waals surface area (Å²) < 4.78 is 0. The van der Waals surface area contributed by atoms with Gasteiger partial charge in [-0.3, -0.25) is 0 Å². The lowest BCUT2D eigenvalue weighted by atomic mass is 10.2. The first-order chi connectivity index (χ1) is 7.34. The van der Waals surface area contributed by atoms with Crippen molar-refractivity contribution in [1.29, 1.82) is 0 Å². The topological polar surface area (TPSA) is 30.0 Å². The second-order valence-corrected chi connectivity index (χ2v) is 4.52. The molecular formula is C12H21N3O. The van der Waals surface area contributed by atoms with Crippen LogP contribution in [0.1, 0.15) is 0 Å². The van der Waals surface area contributed by atoms with Gasteiger partial charge in [0.2, 0.25) is 0 Å². The summed E-state index contributed by atoms with van der Waals surface area (Å²) in [6.07, 6.45) is 0. The molecule has 0 spiro atoms. The Kier molecular flexibility index (Phi) is 3.52. The number of nitrogens with zero attached hydrogens (tertiary/aromatic N) is 3. The van der Waals surface area contributed by atoms with E-state index in [0.717, 1.165) is 17.1 Å². The molecule has 0 aromatic heterocycles. The summed E-state index contributed by atoms with van der Waals surface area (Å²) in [5, 5.41) is 10.1. The summed E-state index contributed by atoms with van der Waals surface area (Å²) in [5.74, 6) is 0.320. The molecule has 90 valence electrons. The first-order valence-corrected chi connectivity index (χ1v) is 5.23. The molecule has 0 atom stereocenters. The zero-order chi connectivity index (χ0) is 12.5. The summed E-state index contributed by atoms with van der Waals surface area (Å²) in [4.78, 5) is 5.85. The molecule has 0 amide bonds. The van der Waals surface area contributed by atoms with Gasteiger partial charge in [0.05, 0.1) is 11.4 Å². The van der Waals surface area contributed by atoms with Gasteiger partial charge in [-0.05, 0) is 12.1 Å². The van der Waals surface area contributed by atoms with Crippen molar-refractivity contribution >= 4 is 17.1 Å². The molecule has 1 rings (SSSR count). The molecule has 0 saturated carbocycles. The monoisotopic (exact) mass is 223 g/mol. The molecule has 0 aliphatic heterocycles. The Labute approximate surface area is 97.7 Å². The van der Waals surface area contributed by atoms with E-state index in [0.29, 0.717) is 5.75 Å². The number of hydrogen-bond donors (Lipinski definition) is 1. The Morgan fingerprint density at radius 2 is 1.12 bits per heavy atom. The standard InChI is InChI=1S/C12H21N3O/c1-13(2)9-7-10(14(3)4)12(16)11(8-9)15(5)6/h7-8,16H,1-6H3. The third kappa shape index (κ3) is 2.32. The average molecular weight is 223 g/mol. The van der Waals surface area contributed by atoms with Crippen LogP contribution in [0, 0.1) is 0 Å². The predicted octanol–water partition coefficient (Wildman–Crippen LogP) is 1.59. The second-order valence-electron chi connectivity index (χ2n) is 4.52. The van der Waals surface area contributed by atoms with Gasteiger partial charge in [-0.25, -0.2) is 0 Å². The number of rotatable bonds is 3. The maximum atomic E-state index is 10.1. The number of anilines is 3. The van der Waals surface area contributed by atoms with E-state index in [2.05, 4.69) is 0 Å². The van der Waals surface area contributed by atoms with Crippen LogP contribution in [-0.4, -0.2) is 47.4 Å². The third-order valence-corrected chi connectivity index (χ3v) is 2.53. The van der Waals surface area contributed by atoms with Crippen LogP contribution in [0.3, 0.4) is 0 Å². The van der Waals surface area contributed by atoms with E-state index in [9.17, 15) is 5.11 Å². The number of aromatic hydroxyl groups is 1. The molecule has 0 bridgehead atoms. The van der Waals surface area contributed by atoms with Gasteiger partial charge >= 0.3 is 0 Å². The molecule has 0 aliphatic rings. The van der Waals surface area contributed by atoms with Crippen molar-refractivity contribution in [3.05, 3.63) is 12.1 Å². The maximum Gasteiger partial charge on any atom is 0.162 e. The summed E-state index contributed by atoms with van der Waals surface area (Å²) in [6.45, 7) is 0. The first kappa shape index (κ1) is 12.5. The molecule has 0 heterocycles. The van der Waals surface area contributed by atoms with E-state index in [4.69, 9.17) is 0 Å². The van der Waals surface area contributed by atoms with Crippen molar-refractivity contribution in [3.8, 4) is 5.75 Å². The Morgan fingerprint density at radius 1 is 0.750 bits per heavy atom. The van der Waals surface area contributed by atoms with E-state index in [1.54, 1.807) is 0 Å². The predicted molar refractivity (Wildman–Crippen MR) is 71.1 cm³/mol. The van der Waals surface area contributed by atoms with Crippen molar-refractivity contribution in [2.75, 3.05) is 57.0 Å². The molecule has 1 aromatic carbocycles. The van der Waals surface area contributed by atoms with Gasteiger partial charge in [0.1, 0.15) is 0 Å². The molecule has 0 saturated heterocycles. The van der Waals surface area contributed by atoms with E-state index < -0.39 is 0 Å². The van der Waals surface area contributed by atoms with Crippen LogP contribution in [0.4, 0.5) is 17.1 Å². The van der Waals surface area contributed by atoms with Crippen LogP contribution in [-0.2, 0) is 0 Å². The Bertz CT molecular complexity index is 344. The quantitative estimate of drug-likeness (QED) is 0.843. The smallest absolute Gasteiger partial charge is 0.162 e. The third-order valence-electron chi connectivity index (χ3n) is 2.53. The highest BCUT2D eigenvalue weighted by Gasteiger charge is 2.13. The summed E-state index contributed by atoms with van der Waals surface area (Å²) in [7, 11) is 11.7. The molecule has 0 aliphatic carbocycles. The highest BCUT2D eigenvalue weighted by molar-refractivity contribution is 5.78. The van der Waals surface area contributed by atoms with Gasteiger partial charge in [-0.15, -0.1) is 0 Å². The molecule has 4 heteroatoms. The van der Waals surface area contributed by atoms with E-state index >= 15 is 0 Å². The van der Waals surface area contributed by atoms with Crippen LogP contribution in [0.25, 0.3) is 0 Å². The lowest BCUT2D eigenvalue weighted by molar-refractivity contribution is 0.476. The molecule has 4 nitrogen and oxygen atoms in total. The van der Waals surface area contributed by atoms with Crippen LogP contribution in [0.5, 0.6) is 5.75 Å². The highest BCUT2D eigenvalue weighted by Crippen LogP contribution is 2.39. The summed E-state index contributed by atoms with van der Waals surface area (Å²) in [6, 6.07) is 3.95. The summed E-state index contributed by atoms with van der Waals surface area (Å²) in [5.41, 5.74) is 2.73. The van der Waals surface area contributed by atoms with Crippen molar-refractivity contribution < 1.29 is 5.11 Å². The number of phenols is 1. The fourth-order valence-electron chi connectivity index (χ4n) is 1.53. The lowest BCUT2D eigenvalue weighted by Gasteiger charge is -2.24. The van der Waals surface area contributed by atoms with Crippen molar-refractivity contribution in [2.45, 2.75) is 0 Å². The zero-order valence-electron chi connectivity index (χ0n) is 10.9. The number of hydrogen-bond acceptors (Lipinski definition) is 4. The van der Waals surface area contributed by atoms with E-state index in [-0.39, 0.29) is 0 Å². The molecule has 1 aromatic rings. The zero-order valence-corrected chi connectivity index (χ0v) is 10.9. The minimum Gasteiger partial charge on any atom is -0.504 e. The summed E-state index contributed by atoms with van der Waals surface area (Å²) >= 11 is 0. The molecular weight excluding hydrogens is 202 g/mol. The van der Waals surface area contributed by atoms with Gasteiger partial charge in [0.15, 0.2) is 5.75 Å². The van der Waals surface area contributed by atoms with Crippen LogP contribution < -0.4 is 14.7 Å². The van der Waals surface area contributed by atoms with Gasteiger partial charge in [-0.1, -0.05) is 0 Å². The molecule has 1 N–H and O–H groups in total. The molecule has 16 heavy (non-hydrogen) atoms. The van der Waals surface area contributed by atoms with Crippen molar-refractivity contribution in [2.24, 2.45) is 0 Å². The number of phenolic OH excluding ortho intramolecular Hbond substituents is 1. The van der Waals surface area contributed by atoms with Crippen LogP contribution in [0.2, 0.25) is 0 Å². The van der Waals surface area contributed by atoms with Gasteiger partial charge in [-0.2, -0.15) is 0 Å². The Morgan fingerprint density at radius 3 is 1.38 bits per heavy atom. The molecule has 0 radical (unpaired) electrons. The SMILES string of the molecule is CN(C)c1cc(N(C)C)c(O)c(N(C)C)c1.